The Balaban J connectivity index is 2.30. The highest BCUT2D eigenvalue weighted by molar-refractivity contribution is 7.89. The lowest BCUT2D eigenvalue weighted by Gasteiger charge is -2.12. The number of H-pyrrole nitrogens is 1. The maximum atomic E-state index is 11.9. The number of sulfonamides is 1. The summed E-state index contributed by atoms with van der Waals surface area (Å²) in [6.45, 7) is 0. The summed E-state index contributed by atoms with van der Waals surface area (Å²) in [4.78, 5) is 11.2. The number of carboxylic acids is 1. The van der Waals surface area contributed by atoms with E-state index < -0.39 is 22.0 Å². The first-order chi connectivity index (χ1) is 8.90. The summed E-state index contributed by atoms with van der Waals surface area (Å²) in [7, 11) is -2.38. The Kier molecular flexibility index (Phi) is 3.36. The van der Waals surface area contributed by atoms with E-state index in [0.29, 0.717) is 0 Å². The number of nitrogens with zero attached hydrogens (tertiary/aromatic N) is 3. The lowest BCUT2D eigenvalue weighted by atomic mass is 10.2. The Labute approximate surface area is 108 Å². The number of hydrogen-bond donors (Lipinski definition) is 3. The molecular weight excluding hydrogens is 274 g/mol. The standard InChI is InChI=1S/C9H11N5O4S/c1-14-5-6(4-11-14)8(9(15)16)13-19(17,18)7-2-3-10-12-7/h2-5,8,13H,1H3,(H,10,12)(H,15,16). The van der Waals surface area contributed by atoms with Crippen molar-refractivity contribution in [3.05, 3.63) is 30.2 Å². The molecule has 0 aliphatic carbocycles. The monoisotopic (exact) mass is 285 g/mol. The van der Waals surface area contributed by atoms with Gasteiger partial charge in [0.25, 0.3) is 10.0 Å². The third-order valence-corrected chi connectivity index (χ3v) is 3.70. The van der Waals surface area contributed by atoms with Gasteiger partial charge in [-0.3, -0.25) is 14.6 Å². The number of aryl methyl sites for hydroxylation is 1. The molecule has 9 nitrogen and oxygen atoms in total. The number of carboxylic acid groups (broad SMARTS) is 1. The molecule has 0 amide bonds. The minimum atomic E-state index is -3.99. The molecule has 0 radical (unpaired) electrons. The molecule has 3 N–H and O–H groups in total. The van der Waals surface area contributed by atoms with Gasteiger partial charge in [0.15, 0.2) is 5.03 Å². The third kappa shape index (κ3) is 2.80. The molecule has 0 aliphatic heterocycles. The van der Waals surface area contributed by atoms with Crippen LogP contribution in [0.25, 0.3) is 0 Å². The Morgan fingerprint density at radius 3 is 2.79 bits per heavy atom. The second kappa shape index (κ2) is 4.82. The molecule has 2 aromatic heterocycles. The van der Waals surface area contributed by atoms with Crippen LogP contribution >= 0.6 is 0 Å². The van der Waals surface area contributed by atoms with Crippen molar-refractivity contribution in [3.63, 3.8) is 0 Å². The molecule has 1 unspecified atom stereocenters. The molecule has 0 aromatic carbocycles. The maximum absolute atomic E-state index is 11.9. The summed E-state index contributed by atoms with van der Waals surface area (Å²) in [5.41, 5.74) is 0.234. The van der Waals surface area contributed by atoms with E-state index in [1.807, 2.05) is 0 Å². The molecule has 102 valence electrons. The molecule has 2 rings (SSSR count). The summed E-state index contributed by atoms with van der Waals surface area (Å²) in [5, 5.41) is 18.5. The minimum absolute atomic E-state index is 0.206. The van der Waals surface area contributed by atoms with Crippen molar-refractivity contribution in [3.8, 4) is 0 Å². The van der Waals surface area contributed by atoms with Crippen molar-refractivity contribution in [2.45, 2.75) is 11.1 Å². The van der Waals surface area contributed by atoms with Crippen LogP contribution in [0.5, 0.6) is 0 Å². The number of hydrogen-bond acceptors (Lipinski definition) is 5. The van der Waals surface area contributed by atoms with E-state index in [0.717, 1.165) is 0 Å². The summed E-state index contributed by atoms with van der Waals surface area (Å²) >= 11 is 0. The first kappa shape index (κ1) is 13.2. The summed E-state index contributed by atoms with van der Waals surface area (Å²) in [6, 6.07) is -0.188. The van der Waals surface area contributed by atoms with Crippen LogP contribution in [0, 0.1) is 0 Å². The van der Waals surface area contributed by atoms with Crippen LogP contribution in [0.15, 0.2) is 29.7 Å². The molecule has 2 heterocycles. The van der Waals surface area contributed by atoms with Crippen LogP contribution in [0.2, 0.25) is 0 Å². The van der Waals surface area contributed by atoms with Crippen LogP contribution in [0.3, 0.4) is 0 Å². The van der Waals surface area contributed by atoms with Gasteiger partial charge < -0.3 is 5.11 Å². The van der Waals surface area contributed by atoms with Gasteiger partial charge in [-0.2, -0.15) is 14.9 Å². The van der Waals surface area contributed by atoms with Gasteiger partial charge in [-0.25, -0.2) is 8.42 Å². The van der Waals surface area contributed by atoms with Gasteiger partial charge in [0.2, 0.25) is 0 Å². The number of aromatic nitrogens is 4. The lowest BCUT2D eigenvalue weighted by Crippen LogP contribution is -2.33. The molecule has 0 bridgehead atoms. The van der Waals surface area contributed by atoms with E-state index in [2.05, 4.69) is 20.0 Å². The fourth-order valence-electron chi connectivity index (χ4n) is 1.46. The van der Waals surface area contributed by atoms with Gasteiger partial charge in [-0.1, -0.05) is 0 Å². The minimum Gasteiger partial charge on any atom is -0.480 e. The fraction of sp³-hybridized carbons (Fsp3) is 0.222. The summed E-state index contributed by atoms with van der Waals surface area (Å²) < 4.78 is 27.3. The second-order valence-corrected chi connectivity index (χ2v) is 5.44. The van der Waals surface area contributed by atoms with E-state index >= 15 is 0 Å². The topological polar surface area (TPSA) is 130 Å². The first-order valence-electron chi connectivity index (χ1n) is 5.13. The van der Waals surface area contributed by atoms with Crippen LogP contribution in [-0.2, 0) is 21.9 Å². The van der Waals surface area contributed by atoms with Gasteiger partial charge in [0, 0.05) is 18.8 Å². The predicted molar refractivity (Wildman–Crippen MR) is 62.5 cm³/mol. The fourth-order valence-corrected chi connectivity index (χ4v) is 2.55. The van der Waals surface area contributed by atoms with Gasteiger partial charge >= 0.3 is 5.97 Å². The van der Waals surface area contributed by atoms with Crippen molar-refractivity contribution in [1.29, 1.82) is 0 Å². The molecule has 1 atom stereocenters. The van der Waals surface area contributed by atoms with Crippen LogP contribution < -0.4 is 4.72 Å². The zero-order valence-electron chi connectivity index (χ0n) is 9.81. The maximum Gasteiger partial charge on any atom is 0.326 e. The van der Waals surface area contributed by atoms with Crippen LogP contribution in [-0.4, -0.2) is 39.5 Å². The van der Waals surface area contributed by atoms with Crippen molar-refractivity contribution >= 4 is 16.0 Å². The highest BCUT2D eigenvalue weighted by Crippen LogP contribution is 2.15. The van der Waals surface area contributed by atoms with Crippen molar-refractivity contribution in [1.82, 2.24) is 24.7 Å². The van der Waals surface area contributed by atoms with Gasteiger partial charge in [0.1, 0.15) is 6.04 Å². The quantitative estimate of drug-likeness (QED) is 0.662. The number of rotatable bonds is 5. The smallest absolute Gasteiger partial charge is 0.326 e. The van der Waals surface area contributed by atoms with Crippen molar-refractivity contribution < 1.29 is 18.3 Å². The summed E-state index contributed by atoms with van der Waals surface area (Å²) in [6.07, 6.45) is 3.97. The Morgan fingerprint density at radius 2 is 2.32 bits per heavy atom. The summed E-state index contributed by atoms with van der Waals surface area (Å²) in [5.74, 6) is -1.32. The first-order valence-corrected chi connectivity index (χ1v) is 6.61. The number of aliphatic carboxylic acids is 1. The average Bonchev–Trinajstić information content (AvgIpc) is 2.96. The normalized spacial score (nSPS) is 13.3. The molecule has 10 heteroatoms. The predicted octanol–water partition coefficient (Wildman–Crippen LogP) is -0.753. The lowest BCUT2D eigenvalue weighted by molar-refractivity contribution is -0.139. The highest BCUT2D eigenvalue weighted by atomic mass is 32.2. The van der Waals surface area contributed by atoms with E-state index in [4.69, 9.17) is 5.11 Å². The van der Waals surface area contributed by atoms with E-state index in [1.54, 1.807) is 7.05 Å². The van der Waals surface area contributed by atoms with E-state index in [-0.39, 0.29) is 10.6 Å². The van der Waals surface area contributed by atoms with Gasteiger partial charge in [-0.15, -0.1) is 0 Å². The number of nitrogens with one attached hydrogen (secondary N) is 2. The van der Waals surface area contributed by atoms with E-state index in [1.165, 1.54) is 29.3 Å². The van der Waals surface area contributed by atoms with Crippen molar-refractivity contribution in [2.24, 2.45) is 7.05 Å². The molecule has 0 aliphatic rings. The Hall–Kier alpha value is -2.20. The van der Waals surface area contributed by atoms with E-state index in [9.17, 15) is 13.2 Å². The van der Waals surface area contributed by atoms with Gasteiger partial charge in [-0.05, 0) is 6.07 Å². The molecule has 0 spiro atoms. The molecule has 19 heavy (non-hydrogen) atoms. The Morgan fingerprint density at radius 1 is 1.58 bits per heavy atom. The van der Waals surface area contributed by atoms with Crippen LogP contribution in [0.4, 0.5) is 0 Å². The average molecular weight is 285 g/mol. The zero-order chi connectivity index (χ0) is 14.0. The van der Waals surface area contributed by atoms with Crippen LogP contribution in [0.1, 0.15) is 11.6 Å². The number of carbonyl (C=O) groups is 1. The molecule has 0 saturated heterocycles. The molecular formula is C9H11N5O4S. The SMILES string of the molecule is Cn1cc(C(NS(=O)(=O)c2ccn[nH]2)C(=O)O)cn1. The second-order valence-electron chi connectivity index (χ2n) is 3.76. The zero-order valence-corrected chi connectivity index (χ0v) is 10.6. The molecule has 0 saturated carbocycles. The number of aromatic amines is 1. The van der Waals surface area contributed by atoms with Gasteiger partial charge in [0.05, 0.1) is 12.4 Å². The largest absolute Gasteiger partial charge is 0.480 e. The Bertz CT molecular complexity index is 675. The highest BCUT2D eigenvalue weighted by Gasteiger charge is 2.28. The third-order valence-electron chi connectivity index (χ3n) is 2.34. The molecule has 2 aromatic rings. The van der Waals surface area contributed by atoms with Crippen molar-refractivity contribution in [2.75, 3.05) is 0 Å². The molecule has 0 fully saturated rings.